The zero-order valence-corrected chi connectivity index (χ0v) is 14.6. The molecule has 3 rings (SSSR count). The topological polar surface area (TPSA) is 81.1 Å². The van der Waals surface area contributed by atoms with Crippen LogP contribution in [0, 0.1) is 12.8 Å². The molecule has 1 aromatic heterocycles. The number of hydrogen-bond donors (Lipinski definition) is 1. The van der Waals surface area contributed by atoms with E-state index in [2.05, 4.69) is 24.3 Å². The zero-order valence-electron chi connectivity index (χ0n) is 13.0. The number of thioether (sulfide) groups is 1. The molecule has 0 aromatic carbocycles. The molecule has 8 heteroatoms. The van der Waals surface area contributed by atoms with E-state index in [-0.39, 0.29) is 28.7 Å². The minimum absolute atomic E-state index is 0.0450. The Kier molecular flexibility index (Phi) is 4.01. The number of carbonyl (C=O) groups is 1. The van der Waals surface area contributed by atoms with Gasteiger partial charge in [-0.15, -0.1) is 11.8 Å². The van der Waals surface area contributed by atoms with Crippen LogP contribution in [0.1, 0.15) is 42.8 Å². The number of nitrogens with zero attached hydrogens (tertiary/aromatic N) is 2. The second-order valence-electron chi connectivity index (χ2n) is 6.37. The number of anilines is 1. The summed E-state index contributed by atoms with van der Waals surface area (Å²) in [6, 6.07) is -0.177. The second-order valence-corrected chi connectivity index (χ2v) is 9.73. The van der Waals surface area contributed by atoms with Crippen molar-refractivity contribution in [2.75, 3.05) is 22.6 Å². The zero-order chi connectivity index (χ0) is 16.1. The first-order valence-corrected chi connectivity index (χ1v) is 10.4. The highest BCUT2D eigenvalue weighted by atomic mass is 32.2. The van der Waals surface area contributed by atoms with Crippen LogP contribution in [0.15, 0.2) is 0 Å². The standard InChI is InChI=1S/C14H21N3O3S2/c1-8(2)13-12-9(3)16-17(10-4-5-22(19,20)7-10)14(12)15-11(18)6-21-13/h8,10,13H,4-7H2,1-3H3,(H,15,18)/t10-,13-/m1/s1. The third-order valence-corrected chi connectivity index (χ3v) is 7.55. The molecule has 122 valence electrons. The molecule has 1 amide bonds. The summed E-state index contributed by atoms with van der Waals surface area (Å²) >= 11 is 1.63. The maximum Gasteiger partial charge on any atom is 0.235 e. The van der Waals surface area contributed by atoms with Crippen molar-refractivity contribution >= 4 is 33.3 Å². The molecule has 1 fully saturated rings. The molecule has 0 unspecified atom stereocenters. The molecule has 0 saturated carbocycles. The van der Waals surface area contributed by atoms with Crippen LogP contribution in [0.25, 0.3) is 0 Å². The Morgan fingerprint density at radius 3 is 2.73 bits per heavy atom. The lowest BCUT2D eigenvalue weighted by molar-refractivity contribution is -0.113. The fraction of sp³-hybridized carbons (Fsp3) is 0.714. The molecule has 6 nitrogen and oxygen atoms in total. The Morgan fingerprint density at radius 1 is 1.41 bits per heavy atom. The first-order chi connectivity index (χ1) is 10.3. The van der Waals surface area contributed by atoms with Crippen molar-refractivity contribution in [1.82, 2.24) is 9.78 Å². The minimum atomic E-state index is -2.99. The summed E-state index contributed by atoms with van der Waals surface area (Å²) in [6.07, 6.45) is 0.561. The van der Waals surface area contributed by atoms with Crippen LogP contribution in [0.3, 0.4) is 0 Å². The van der Waals surface area contributed by atoms with Gasteiger partial charge in [-0.25, -0.2) is 13.1 Å². The highest BCUT2D eigenvalue weighted by Gasteiger charge is 2.36. The Labute approximate surface area is 135 Å². The number of aryl methyl sites for hydroxylation is 1. The number of sulfone groups is 1. The van der Waals surface area contributed by atoms with Gasteiger partial charge in [0.15, 0.2) is 9.84 Å². The molecule has 3 heterocycles. The third kappa shape index (κ3) is 2.78. The number of rotatable bonds is 2. The number of nitrogens with one attached hydrogen (secondary N) is 1. The van der Waals surface area contributed by atoms with Gasteiger partial charge in [-0.05, 0) is 19.3 Å². The lowest BCUT2D eigenvalue weighted by atomic mass is 10.0. The van der Waals surface area contributed by atoms with E-state index in [1.807, 2.05) is 6.92 Å². The Hall–Kier alpha value is -1.02. The molecule has 2 aliphatic rings. The average molecular weight is 343 g/mol. The second kappa shape index (κ2) is 5.56. The number of aromatic nitrogens is 2. The molecule has 0 aliphatic carbocycles. The first kappa shape index (κ1) is 15.9. The summed E-state index contributed by atoms with van der Waals surface area (Å²) in [6.45, 7) is 6.20. The van der Waals surface area contributed by atoms with Gasteiger partial charge in [-0.3, -0.25) is 4.79 Å². The smallest absolute Gasteiger partial charge is 0.235 e. The number of fused-ring (bicyclic) bond motifs is 1. The predicted octanol–water partition coefficient (Wildman–Crippen LogP) is 1.93. The van der Waals surface area contributed by atoms with E-state index in [1.165, 1.54) is 0 Å². The van der Waals surface area contributed by atoms with Crippen molar-refractivity contribution in [2.45, 2.75) is 38.5 Å². The van der Waals surface area contributed by atoms with Gasteiger partial charge < -0.3 is 5.32 Å². The Balaban J connectivity index is 2.07. The maximum atomic E-state index is 12.0. The van der Waals surface area contributed by atoms with Crippen LogP contribution in [-0.2, 0) is 14.6 Å². The molecule has 1 N–H and O–H groups in total. The van der Waals surface area contributed by atoms with Crippen LogP contribution in [0.5, 0.6) is 0 Å². The van der Waals surface area contributed by atoms with Crippen molar-refractivity contribution in [1.29, 1.82) is 0 Å². The SMILES string of the molecule is Cc1nn([C@@H]2CCS(=O)(=O)C2)c2c1[C@@H](C(C)C)SCC(=O)N2. The van der Waals surface area contributed by atoms with Gasteiger partial charge in [-0.1, -0.05) is 13.8 Å². The van der Waals surface area contributed by atoms with E-state index >= 15 is 0 Å². The quantitative estimate of drug-likeness (QED) is 0.887. The molecule has 2 atom stereocenters. The number of amides is 1. The van der Waals surface area contributed by atoms with Crippen LogP contribution in [-0.4, -0.2) is 41.4 Å². The van der Waals surface area contributed by atoms with Crippen molar-refractivity contribution in [2.24, 2.45) is 5.92 Å². The third-order valence-electron chi connectivity index (χ3n) is 4.23. The van der Waals surface area contributed by atoms with Crippen molar-refractivity contribution in [3.05, 3.63) is 11.3 Å². The fourth-order valence-electron chi connectivity index (χ4n) is 3.20. The monoisotopic (exact) mass is 343 g/mol. The largest absolute Gasteiger partial charge is 0.310 e. The van der Waals surface area contributed by atoms with E-state index in [9.17, 15) is 13.2 Å². The summed E-state index contributed by atoms with van der Waals surface area (Å²) in [7, 11) is -2.99. The predicted molar refractivity (Wildman–Crippen MR) is 87.9 cm³/mol. The molecule has 22 heavy (non-hydrogen) atoms. The van der Waals surface area contributed by atoms with Gasteiger partial charge in [-0.2, -0.15) is 5.10 Å². The number of hydrogen-bond acceptors (Lipinski definition) is 5. The van der Waals surface area contributed by atoms with Crippen LogP contribution in [0.4, 0.5) is 5.82 Å². The normalized spacial score (nSPS) is 27.5. The summed E-state index contributed by atoms with van der Waals surface area (Å²) in [5.41, 5.74) is 1.93. The summed E-state index contributed by atoms with van der Waals surface area (Å²) in [4.78, 5) is 12.0. The molecule has 2 aliphatic heterocycles. The highest BCUT2D eigenvalue weighted by molar-refractivity contribution is 8.00. The van der Waals surface area contributed by atoms with E-state index in [0.717, 1.165) is 11.3 Å². The van der Waals surface area contributed by atoms with Crippen molar-refractivity contribution < 1.29 is 13.2 Å². The van der Waals surface area contributed by atoms with Gasteiger partial charge in [0.25, 0.3) is 0 Å². The summed E-state index contributed by atoms with van der Waals surface area (Å²) < 4.78 is 25.3. The van der Waals surface area contributed by atoms with Gasteiger partial charge in [0, 0.05) is 10.8 Å². The van der Waals surface area contributed by atoms with Gasteiger partial charge in [0.1, 0.15) is 5.82 Å². The molecule has 1 aromatic rings. The average Bonchev–Trinajstić information content (AvgIpc) is 2.85. The van der Waals surface area contributed by atoms with E-state index in [1.54, 1.807) is 16.4 Å². The summed E-state index contributed by atoms with van der Waals surface area (Å²) in [5, 5.41) is 7.71. The van der Waals surface area contributed by atoms with E-state index < -0.39 is 9.84 Å². The van der Waals surface area contributed by atoms with Crippen molar-refractivity contribution in [3.63, 3.8) is 0 Å². The van der Waals surface area contributed by atoms with Gasteiger partial charge in [0.05, 0.1) is 29.0 Å². The Morgan fingerprint density at radius 2 is 2.14 bits per heavy atom. The van der Waals surface area contributed by atoms with E-state index in [4.69, 9.17) is 0 Å². The van der Waals surface area contributed by atoms with E-state index in [0.29, 0.717) is 23.9 Å². The summed E-state index contributed by atoms with van der Waals surface area (Å²) in [5.74, 6) is 1.75. The van der Waals surface area contributed by atoms with Gasteiger partial charge in [0.2, 0.25) is 5.91 Å². The van der Waals surface area contributed by atoms with Crippen LogP contribution < -0.4 is 5.32 Å². The van der Waals surface area contributed by atoms with Crippen LogP contribution >= 0.6 is 11.8 Å². The van der Waals surface area contributed by atoms with Crippen LogP contribution in [0.2, 0.25) is 0 Å². The number of carbonyl (C=O) groups excluding carboxylic acids is 1. The highest BCUT2D eigenvalue weighted by Crippen LogP contribution is 2.44. The first-order valence-electron chi connectivity index (χ1n) is 7.49. The fourth-order valence-corrected chi connectivity index (χ4v) is 6.13. The molecular weight excluding hydrogens is 322 g/mol. The lowest BCUT2D eigenvalue weighted by Gasteiger charge is -2.19. The van der Waals surface area contributed by atoms with Gasteiger partial charge >= 0.3 is 0 Å². The minimum Gasteiger partial charge on any atom is -0.310 e. The van der Waals surface area contributed by atoms with Crippen molar-refractivity contribution in [3.8, 4) is 0 Å². The molecular formula is C14H21N3O3S2. The maximum absolute atomic E-state index is 12.0. The molecule has 0 spiro atoms. The lowest BCUT2D eigenvalue weighted by Crippen LogP contribution is -2.20. The molecule has 1 saturated heterocycles. The molecule has 0 bridgehead atoms. The Bertz CT molecular complexity index is 709. The molecule has 0 radical (unpaired) electrons.